The Morgan fingerprint density at radius 1 is 0.867 bits per heavy atom. The van der Waals surface area contributed by atoms with Crippen LogP contribution >= 0.6 is 11.6 Å². The Kier molecular flexibility index (Phi) is 4.90. The second kappa shape index (κ2) is 7.42. The maximum Gasteiger partial charge on any atom is 0.260 e. The van der Waals surface area contributed by atoms with E-state index in [9.17, 15) is 26.7 Å². The van der Waals surface area contributed by atoms with Crippen LogP contribution in [0.5, 0.6) is 0 Å². The molecular formula is C20H9ClF5N3O. The Labute approximate surface area is 170 Å². The van der Waals surface area contributed by atoms with Crippen molar-refractivity contribution in [1.82, 2.24) is 10.2 Å². The number of benzene rings is 3. The Bertz CT molecular complexity index is 1320. The van der Waals surface area contributed by atoms with Crippen LogP contribution in [-0.4, -0.2) is 16.1 Å². The van der Waals surface area contributed by atoms with Crippen molar-refractivity contribution >= 4 is 34.2 Å². The van der Waals surface area contributed by atoms with Gasteiger partial charge >= 0.3 is 0 Å². The average molecular weight is 438 g/mol. The van der Waals surface area contributed by atoms with E-state index in [1.807, 2.05) is 0 Å². The summed E-state index contributed by atoms with van der Waals surface area (Å²) in [5.74, 6) is -9.43. The summed E-state index contributed by atoms with van der Waals surface area (Å²) in [6, 6.07) is 9.32. The molecule has 4 nitrogen and oxygen atoms in total. The van der Waals surface area contributed by atoms with E-state index in [0.717, 1.165) is 0 Å². The molecule has 0 spiro atoms. The first-order valence-corrected chi connectivity index (χ1v) is 8.72. The minimum absolute atomic E-state index is 0.0387. The minimum Gasteiger partial charge on any atom is -0.304 e. The normalized spacial score (nSPS) is 11.1. The topological polar surface area (TPSA) is 57.8 Å². The highest BCUT2D eigenvalue weighted by atomic mass is 35.5. The van der Waals surface area contributed by atoms with Crippen molar-refractivity contribution in [2.45, 2.75) is 0 Å². The summed E-state index contributed by atoms with van der Waals surface area (Å²) in [5.41, 5.74) is 0.739. The fraction of sp³-hybridized carbons (Fsp3) is 0. The third-order valence-electron chi connectivity index (χ3n) is 4.39. The number of halogens is 6. The van der Waals surface area contributed by atoms with Gasteiger partial charge in [-0.05, 0) is 41.5 Å². The van der Waals surface area contributed by atoms with E-state index in [0.29, 0.717) is 22.0 Å². The van der Waals surface area contributed by atoms with Crippen LogP contribution in [-0.2, 0) is 0 Å². The third kappa shape index (κ3) is 3.37. The van der Waals surface area contributed by atoms with Crippen molar-refractivity contribution in [1.29, 1.82) is 0 Å². The van der Waals surface area contributed by atoms with Gasteiger partial charge in [0.25, 0.3) is 5.91 Å². The van der Waals surface area contributed by atoms with Crippen molar-refractivity contribution in [3.05, 3.63) is 82.1 Å². The Hall–Kier alpha value is -3.46. The van der Waals surface area contributed by atoms with Gasteiger partial charge in [-0.3, -0.25) is 9.89 Å². The van der Waals surface area contributed by atoms with Gasteiger partial charge in [-0.1, -0.05) is 23.7 Å². The molecule has 0 aliphatic rings. The molecule has 0 unspecified atom stereocenters. The van der Waals surface area contributed by atoms with Crippen molar-refractivity contribution in [2.24, 2.45) is 0 Å². The van der Waals surface area contributed by atoms with Gasteiger partial charge in [-0.15, -0.1) is 0 Å². The molecule has 1 heterocycles. The van der Waals surface area contributed by atoms with Crippen LogP contribution in [0.15, 0.2) is 42.5 Å². The van der Waals surface area contributed by atoms with Crippen molar-refractivity contribution in [2.75, 3.05) is 5.32 Å². The first-order chi connectivity index (χ1) is 14.3. The molecule has 0 radical (unpaired) electrons. The summed E-state index contributed by atoms with van der Waals surface area (Å²) in [7, 11) is 0. The lowest BCUT2D eigenvalue weighted by Gasteiger charge is -2.07. The molecule has 4 rings (SSSR count). The molecule has 0 saturated carbocycles. The summed E-state index contributed by atoms with van der Waals surface area (Å²) >= 11 is 5.80. The van der Waals surface area contributed by atoms with Crippen molar-refractivity contribution in [3.63, 3.8) is 0 Å². The van der Waals surface area contributed by atoms with Gasteiger partial charge in [0.05, 0.1) is 16.1 Å². The summed E-state index contributed by atoms with van der Waals surface area (Å²) in [4.78, 5) is 12.2. The van der Waals surface area contributed by atoms with Crippen LogP contribution < -0.4 is 5.32 Å². The summed E-state index contributed by atoms with van der Waals surface area (Å²) in [6.45, 7) is 0. The number of aromatic nitrogens is 2. The highest BCUT2D eigenvalue weighted by molar-refractivity contribution is 6.31. The molecule has 1 amide bonds. The zero-order valence-electron chi connectivity index (χ0n) is 14.7. The van der Waals surface area contributed by atoms with E-state index in [1.54, 1.807) is 18.2 Å². The van der Waals surface area contributed by atoms with E-state index >= 15 is 0 Å². The molecule has 30 heavy (non-hydrogen) atoms. The average Bonchev–Trinajstić information content (AvgIpc) is 3.13. The van der Waals surface area contributed by atoms with Crippen LogP contribution in [0, 0.1) is 29.1 Å². The molecule has 4 aromatic rings. The van der Waals surface area contributed by atoms with Gasteiger partial charge in [0.2, 0.25) is 0 Å². The quantitative estimate of drug-likeness (QED) is 0.241. The summed E-state index contributed by atoms with van der Waals surface area (Å²) in [6.07, 6.45) is 0. The zero-order chi connectivity index (χ0) is 21.6. The molecular weight excluding hydrogens is 429 g/mol. The number of fused-ring (bicyclic) bond motifs is 1. The molecule has 0 atom stereocenters. The number of H-pyrrole nitrogens is 1. The number of nitrogens with zero attached hydrogens (tertiary/aromatic N) is 1. The third-order valence-corrected chi connectivity index (χ3v) is 4.68. The standard InChI is InChI=1S/C20H9ClF5N3O/c21-12-5-8(2-4-13(12)22)9-1-3-10-15(6-9)28-29-19(10)27-20(30)11-7-14(23)17(25)18(26)16(11)24/h1-7H,(H2,27,28,29,30). The number of hydrogen-bond donors (Lipinski definition) is 2. The molecule has 0 fully saturated rings. The molecule has 0 aliphatic carbocycles. The van der Waals surface area contributed by atoms with Gasteiger partial charge in [-0.25, -0.2) is 22.0 Å². The molecule has 2 N–H and O–H groups in total. The SMILES string of the molecule is O=C(Nc1n[nH]c2cc(-c3ccc(F)c(Cl)c3)ccc12)c1cc(F)c(F)c(F)c1F. The lowest BCUT2D eigenvalue weighted by atomic mass is 10.0. The van der Waals surface area contributed by atoms with Crippen LogP contribution in [0.4, 0.5) is 27.8 Å². The Balaban J connectivity index is 1.66. The van der Waals surface area contributed by atoms with E-state index in [2.05, 4.69) is 15.5 Å². The second-order valence-corrected chi connectivity index (χ2v) is 6.67. The second-order valence-electron chi connectivity index (χ2n) is 6.26. The monoisotopic (exact) mass is 437 g/mol. The maximum absolute atomic E-state index is 13.8. The highest BCUT2D eigenvalue weighted by Crippen LogP contribution is 2.30. The fourth-order valence-electron chi connectivity index (χ4n) is 2.88. The summed E-state index contributed by atoms with van der Waals surface area (Å²) in [5, 5.41) is 9.13. The molecule has 10 heteroatoms. The van der Waals surface area contributed by atoms with Crippen molar-refractivity contribution < 1.29 is 26.7 Å². The van der Waals surface area contributed by atoms with Gasteiger partial charge in [0, 0.05) is 5.39 Å². The van der Waals surface area contributed by atoms with E-state index in [1.165, 1.54) is 18.2 Å². The van der Waals surface area contributed by atoms with Crippen molar-refractivity contribution in [3.8, 4) is 11.1 Å². The van der Waals surface area contributed by atoms with Gasteiger partial charge in [0.15, 0.2) is 29.1 Å². The van der Waals surface area contributed by atoms with E-state index in [4.69, 9.17) is 11.6 Å². The smallest absolute Gasteiger partial charge is 0.260 e. The molecule has 0 bridgehead atoms. The minimum atomic E-state index is -2.09. The molecule has 0 saturated heterocycles. The number of hydrogen-bond acceptors (Lipinski definition) is 2. The van der Waals surface area contributed by atoms with Crippen LogP contribution in [0.2, 0.25) is 5.02 Å². The number of carbonyl (C=O) groups is 1. The number of carbonyl (C=O) groups excluding carboxylic acids is 1. The van der Waals surface area contributed by atoms with Crippen LogP contribution in [0.1, 0.15) is 10.4 Å². The predicted molar refractivity (Wildman–Crippen MR) is 101 cm³/mol. The highest BCUT2D eigenvalue weighted by Gasteiger charge is 2.24. The molecule has 1 aromatic heterocycles. The fourth-order valence-corrected chi connectivity index (χ4v) is 3.06. The van der Waals surface area contributed by atoms with E-state index < -0.39 is 40.6 Å². The lowest BCUT2D eigenvalue weighted by Crippen LogP contribution is -2.16. The van der Waals surface area contributed by atoms with Gasteiger partial charge in [-0.2, -0.15) is 5.10 Å². The Morgan fingerprint density at radius 3 is 2.30 bits per heavy atom. The van der Waals surface area contributed by atoms with E-state index in [-0.39, 0.29) is 16.9 Å². The number of aromatic amines is 1. The maximum atomic E-state index is 13.8. The number of amides is 1. The molecule has 0 aliphatic heterocycles. The zero-order valence-corrected chi connectivity index (χ0v) is 15.4. The van der Waals surface area contributed by atoms with Crippen LogP contribution in [0.25, 0.3) is 22.0 Å². The molecule has 152 valence electrons. The number of nitrogens with one attached hydrogen (secondary N) is 2. The molecule has 3 aromatic carbocycles. The lowest BCUT2D eigenvalue weighted by molar-refractivity contribution is 0.102. The number of rotatable bonds is 3. The first-order valence-electron chi connectivity index (χ1n) is 8.34. The Morgan fingerprint density at radius 2 is 1.57 bits per heavy atom. The van der Waals surface area contributed by atoms with Gasteiger partial charge < -0.3 is 5.32 Å². The van der Waals surface area contributed by atoms with Crippen LogP contribution in [0.3, 0.4) is 0 Å². The largest absolute Gasteiger partial charge is 0.304 e. The predicted octanol–water partition coefficient (Wildman–Crippen LogP) is 5.83. The number of anilines is 1. The first kappa shape index (κ1) is 19.8. The summed E-state index contributed by atoms with van der Waals surface area (Å²) < 4.78 is 67.0. The van der Waals surface area contributed by atoms with Gasteiger partial charge in [0.1, 0.15) is 5.82 Å².